The molecule has 2 aromatic carbocycles. The van der Waals surface area contributed by atoms with Crippen LogP contribution >= 0.6 is 11.6 Å². The summed E-state index contributed by atoms with van der Waals surface area (Å²) in [6, 6.07) is 8.05. The third-order valence-electron chi connectivity index (χ3n) is 2.22. The number of aromatic hydroxyl groups is 2. The summed E-state index contributed by atoms with van der Waals surface area (Å²) in [6.07, 6.45) is 0. The van der Waals surface area contributed by atoms with Crippen LogP contribution in [0.4, 0.5) is 4.39 Å². The maximum absolute atomic E-state index is 13.0. The second-order valence-corrected chi connectivity index (χ2v) is 3.73. The Morgan fingerprint density at radius 1 is 0.938 bits per heavy atom. The lowest BCUT2D eigenvalue weighted by molar-refractivity contribution is 0.473. The van der Waals surface area contributed by atoms with Gasteiger partial charge in [-0.2, -0.15) is 0 Å². The fourth-order valence-corrected chi connectivity index (χ4v) is 1.59. The molecule has 4 heteroatoms. The monoisotopic (exact) mass is 238 g/mol. The van der Waals surface area contributed by atoms with Crippen molar-refractivity contribution in [3.05, 3.63) is 47.2 Å². The first kappa shape index (κ1) is 10.8. The molecule has 16 heavy (non-hydrogen) atoms. The molecule has 0 saturated carbocycles. The second kappa shape index (κ2) is 4.02. The summed E-state index contributed by atoms with van der Waals surface area (Å²) in [5.41, 5.74) is 0.877. The van der Waals surface area contributed by atoms with Gasteiger partial charge in [0.1, 0.15) is 17.3 Å². The SMILES string of the molecule is Oc1ccc(-c2cc(F)ccc2O)cc1Cl. The lowest BCUT2D eigenvalue weighted by Gasteiger charge is -2.06. The maximum Gasteiger partial charge on any atom is 0.134 e. The third-order valence-corrected chi connectivity index (χ3v) is 2.52. The average molecular weight is 239 g/mol. The summed E-state index contributed by atoms with van der Waals surface area (Å²) in [5, 5.41) is 19.0. The van der Waals surface area contributed by atoms with Crippen molar-refractivity contribution in [2.24, 2.45) is 0 Å². The molecule has 2 rings (SSSR count). The molecule has 0 radical (unpaired) electrons. The quantitative estimate of drug-likeness (QED) is 0.798. The first-order valence-electron chi connectivity index (χ1n) is 4.55. The Bertz CT molecular complexity index is 541. The smallest absolute Gasteiger partial charge is 0.134 e. The molecule has 0 bridgehead atoms. The van der Waals surface area contributed by atoms with Gasteiger partial charge in [0.05, 0.1) is 5.02 Å². The lowest BCUT2D eigenvalue weighted by Crippen LogP contribution is -1.82. The molecule has 2 aromatic rings. The highest BCUT2D eigenvalue weighted by molar-refractivity contribution is 6.32. The Hall–Kier alpha value is -1.74. The van der Waals surface area contributed by atoms with Crippen LogP contribution in [0.2, 0.25) is 5.02 Å². The van der Waals surface area contributed by atoms with E-state index < -0.39 is 5.82 Å². The predicted molar refractivity (Wildman–Crippen MR) is 60.2 cm³/mol. The van der Waals surface area contributed by atoms with E-state index in [1.54, 1.807) is 6.07 Å². The van der Waals surface area contributed by atoms with Crippen LogP contribution in [-0.4, -0.2) is 10.2 Å². The van der Waals surface area contributed by atoms with Gasteiger partial charge < -0.3 is 10.2 Å². The minimum absolute atomic E-state index is 0.0387. The molecule has 0 heterocycles. The van der Waals surface area contributed by atoms with Gasteiger partial charge in [0.25, 0.3) is 0 Å². The van der Waals surface area contributed by atoms with E-state index in [0.717, 1.165) is 0 Å². The zero-order chi connectivity index (χ0) is 11.7. The van der Waals surface area contributed by atoms with Gasteiger partial charge in [-0.1, -0.05) is 17.7 Å². The molecular formula is C12H8ClFO2. The molecule has 0 spiro atoms. The molecule has 82 valence electrons. The highest BCUT2D eigenvalue weighted by atomic mass is 35.5. The van der Waals surface area contributed by atoms with E-state index in [1.807, 2.05) is 0 Å². The Morgan fingerprint density at radius 2 is 1.62 bits per heavy atom. The van der Waals surface area contributed by atoms with Gasteiger partial charge in [0, 0.05) is 5.56 Å². The highest BCUT2D eigenvalue weighted by Crippen LogP contribution is 2.34. The summed E-state index contributed by atoms with van der Waals surface area (Å²) in [6.45, 7) is 0. The van der Waals surface area contributed by atoms with E-state index in [0.29, 0.717) is 11.1 Å². The Morgan fingerprint density at radius 3 is 2.31 bits per heavy atom. The number of phenolic OH excluding ortho intramolecular Hbond substituents is 2. The van der Waals surface area contributed by atoms with E-state index in [1.165, 1.54) is 30.3 Å². The van der Waals surface area contributed by atoms with Crippen LogP contribution in [0.5, 0.6) is 11.5 Å². The molecule has 0 fully saturated rings. The molecule has 0 aromatic heterocycles. The summed E-state index contributed by atoms with van der Waals surface area (Å²) in [4.78, 5) is 0. The number of phenols is 2. The first-order chi connectivity index (χ1) is 7.58. The number of rotatable bonds is 1. The van der Waals surface area contributed by atoms with Gasteiger partial charge in [0.15, 0.2) is 0 Å². The third kappa shape index (κ3) is 1.95. The van der Waals surface area contributed by atoms with E-state index >= 15 is 0 Å². The van der Waals surface area contributed by atoms with Gasteiger partial charge in [-0.15, -0.1) is 0 Å². The standard InChI is InChI=1S/C12H8ClFO2/c13-10-5-7(1-3-12(10)16)9-6-8(14)2-4-11(9)15/h1-6,15-16H. The van der Waals surface area contributed by atoms with Gasteiger partial charge >= 0.3 is 0 Å². The van der Waals surface area contributed by atoms with Crippen LogP contribution in [-0.2, 0) is 0 Å². The van der Waals surface area contributed by atoms with Crippen molar-refractivity contribution in [2.75, 3.05) is 0 Å². The molecule has 0 aliphatic rings. The van der Waals surface area contributed by atoms with Crippen LogP contribution in [0.25, 0.3) is 11.1 Å². The van der Waals surface area contributed by atoms with Crippen molar-refractivity contribution in [1.29, 1.82) is 0 Å². The molecular weight excluding hydrogens is 231 g/mol. The van der Waals surface area contributed by atoms with E-state index in [2.05, 4.69) is 0 Å². The molecule has 0 saturated heterocycles. The molecule has 0 unspecified atom stereocenters. The van der Waals surface area contributed by atoms with Crippen LogP contribution in [0, 0.1) is 5.82 Å². The largest absolute Gasteiger partial charge is 0.507 e. The van der Waals surface area contributed by atoms with Crippen molar-refractivity contribution in [3.8, 4) is 22.6 Å². The summed E-state index contributed by atoms with van der Waals surface area (Å²) < 4.78 is 13.0. The zero-order valence-corrected chi connectivity index (χ0v) is 8.87. The highest BCUT2D eigenvalue weighted by Gasteiger charge is 2.07. The number of hydrogen-bond acceptors (Lipinski definition) is 2. The van der Waals surface area contributed by atoms with Crippen LogP contribution < -0.4 is 0 Å². The van der Waals surface area contributed by atoms with Gasteiger partial charge in [0.2, 0.25) is 0 Å². The van der Waals surface area contributed by atoms with Crippen molar-refractivity contribution >= 4 is 11.6 Å². The fraction of sp³-hybridized carbons (Fsp3) is 0. The van der Waals surface area contributed by atoms with Crippen LogP contribution in [0.15, 0.2) is 36.4 Å². The average Bonchev–Trinajstić information content (AvgIpc) is 2.26. The molecule has 0 aliphatic carbocycles. The molecule has 0 aliphatic heterocycles. The normalized spacial score (nSPS) is 10.4. The first-order valence-corrected chi connectivity index (χ1v) is 4.93. The maximum atomic E-state index is 13.0. The van der Waals surface area contributed by atoms with Crippen molar-refractivity contribution < 1.29 is 14.6 Å². The minimum Gasteiger partial charge on any atom is -0.507 e. The van der Waals surface area contributed by atoms with Gasteiger partial charge in [-0.3, -0.25) is 0 Å². The Labute approximate surface area is 96.5 Å². The topological polar surface area (TPSA) is 40.5 Å². The number of benzene rings is 2. The van der Waals surface area contributed by atoms with Gasteiger partial charge in [-0.05, 0) is 35.9 Å². The minimum atomic E-state index is -0.447. The van der Waals surface area contributed by atoms with Crippen molar-refractivity contribution in [2.45, 2.75) is 0 Å². The fourth-order valence-electron chi connectivity index (χ4n) is 1.41. The Kier molecular flexibility index (Phi) is 2.71. The molecule has 0 atom stereocenters. The number of halogens is 2. The van der Waals surface area contributed by atoms with E-state index in [-0.39, 0.29) is 16.5 Å². The number of hydrogen-bond donors (Lipinski definition) is 2. The van der Waals surface area contributed by atoms with Crippen molar-refractivity contribution in [3.63, 3.8) is 0 Å². The van der Waals surface area contributed by atoms with Gasteiger partial charge in [-0.25, -0.2) is 4.39 Å². The molecule has 2 N–H and O–H groups in total. The van der Waals surface area contributed by atoms with E-state index in [4.69, 9.17) is 11.6 Å². The molecule has 2 nitrogen and oxygen atoms in total. The summed E-state index contributed by atoms with van der Waals surface area (Å²) in [7, 11) is 0. The Balaban J connectivity index is 2.58. The van der Waals surface area contributed by atoms with E-state index in [9.17, 15) is 14.6 Å². The second-order valence-electron chi connectivity index (χ2n) is 3.33. The van der Waals surface area contributed by atoms with Crippen LogP contribution in [0.1, 0.15) is 0 Å². The summed E-state index contributed by atoms with van der Waals surface area (Å²) in [5.74, 6) is -0.540. The molecule has 0 amide bonds. The van der Waals surface area contributed by atoms with Crippen molar-refractivity contribution in [1.82, 2.24) is 0 Å². The summed E-state index contributed by atoms with van der Waals surface area (Å²) >= 11 is 5.73. The lowest BCUT2D eigenvalue weighted by atomic mass is 10.0. The zero-order valence-electron chi connectivity index (χ0n) is 8.11. The predicted octanol–water partition coefficient (Wildman–Crippen LogP) is 3.56. The van der Waals surface area contributed by atoms with Crippen LogP contribution in [0.3, 0.4) is 0 Å².